The molecule has 0 bridgehead atoms. The molecule has 0 aliphatic heterocycles. The third kappa shape index (κ3) is 38.0. The molecule has 3 unspecified atom stereocenters. The molecule has 0 spiro atoms. The molecule has 0 aromatic rings. The SMILES string of the molecule is CC/C=C\C/C=C\C/C=C\C/C=C\C/C=C\CCCCCCCCOCC(COP(=O)(O)OCC(N)C(=O)O)OC(=O)CCCCCCCCCCCC. The molecule has 0 aliphatic carbocycles. The molecular formula is C43H76NO9P. The number of allylic oxidation sites excluding steroid dienone is 10. The van der Waals surface area contributed by atoms with Crippen LogP contribution in [-0.2, 0) is 32.7 Å². The molecule has 0 heterocycles. The third-order valence-electron chi connectivity index (χ3n) is 8.56. The number of esters is 1. The minimum Gasteiger partial charge on any atom is -0.480 e. The molecule has 0 saturated heterocycles. The Morgan fingerprint density at radius 1 is 0.611 bits per heavy atom. The van der Waals surface area contributed by atoms with Gasteiger partial charge in [0.25, 0.3) is 0 Å². The average molecular weight is 782 g/mol. The molecule has 0 amide bonds. The van der Waals surface area contributed by atoms with Crippen molar-refractivity contribution in [3.8, 4) is 0 Å². The summed E-state index contributed by atoms with van der Waals surface area (Å²) in [5, 5.41) is 8.87. The molecule has 312 valence electrons. The van der Waals surface area contributed by atoms with Crippen LogP contribution in [-0.4, -0.2) is 60.5 Å². The molecule has 0 aromatic carbocycles. The normalized spacial score (nSPS) is 14.6. The van der Waals surface area contributed by atoms with Crippen LogP contribution in [0.1, 0.15) is 162 Å². The van der Waals surface area contributed by atoms with Crippen LogP contribution in [0.25, 0.3) is 0 Å². The number of aliphatic carboxylic acids is 1. The first-order chi connectivity index (χ1) is 26.2. The lowest BCUT2D eigenvalue weighted by atomic mass is 10.1. The number of hydrogen-bond acceptors (Lipinski definition) is 8. The summed E-state index contributed by atoms with van der Waals surface area (Å²) in [6, 6.07) is -1.48. The molecule has 11 heteroatoms. The smallest absolute Gasteiger partial charge is 0.472 e. The maximum absolute atomic E-state index is 12.5. The Morgan fingerprint density at radius 2 is 1.07 bits per heavy atom. The van der Waals surface area contributed by atoms with Crippen molar-refractivity contribution < 1.29 is 42.7 Å². The number of carboxylic acid groups (broad SMARTS) is 1. The predicted molar refractivity (Wildman–Crippen MR) is 221 cm³/mol. The maximum atomic E-state index is 12.5. The van der Waals surface area contributed by atoms with Crippen molar-refractivity contribution in [2.24, 2.45) is 5.73 Å². The molecule has 4 N–H and O–H groups in total. The van der Waals surface area contributed by atoms with Gasteiger partial charge < -0.3 is 25.2 Å². The number of carbonyl (C=O) groups excluding carboxylic acids is 1. The predicted octanol–water partition coefficient (Wildman–Crippen LogP) is 11.3. The van der Waals surface area contributed by atoms with E-state index in [0.717, 1.165) is 83.5 Å². The van der Waals surface area contributed by atoms with E-state index >= 15 is 0 Å². The van der Waals surface area contributed by atoms with Gasteiger partial charge in [0.05, 0.1) is 19.8 Å². The molecule has 0 saturated carbocycles. The first kappa shape index (κ1) is 51.7. The number of ether oxygens (including phenoxy) is 2. The van der Waals surface area contributed by atoms with Crippen LogP contribution < -0.4 is 5.73 Å². The van der Waals surface area contributed by atoms with Crippen molar-refractivity contribution in [2.75, 3.05) is 26.4 Å². The summed E-state index contributed by atoms with van der Waals surface area (Å²) in [6.45, 7) is 3.70. The average Bonchev–Trinajstić information content (AvgIpc) is 3.15. The Hall–Kier alpha value is -2.33. The van der Waals surface area contributed by atoms with Crippen LogP contribution in [0.3, 0.4) is 0 Å². The van der Waals surface area contributed by atoms with Gasteiger partial charge >= 0.3 is 19.8 Å². The molecule has 54 heavy (non-hydrogen) atoms. The van der Waals surface area contributed by atoms with Gasteiger partial charge in [-0.25, -0.2) is 4.57 Å². The van der Waals surface area contributed by atoms with Crippen LogP contribution in [0.5, 0.6) is 0 Å². The second-order valence-electron chi connectivity index (χ2n) is 13.7. The lowest BCUT2D eigenvalue weighted by Gasteiger charge is -2.20. The largest absolute Gasteiger partial charge is 0.480 e. The van der Waals surface area contributed by atoms with Gasteiger partial charge in [-0.2, -0.15) is 0 Å². The lowest BCUT2D eigenvalue weighted by molar-refractivity contribution is -0.154. The molecule has 0 aliphatic rings. The fourth-order valence-corrected chi connectivity index (χ4v) is 6.11. The zero-order valence-electron chi connectivity index (χ0n) is 33.8. The summed E-state index contributed by atoms with van der Waals surface area (Å²) in [5.74, 6) is -1.79. The van der Waals surface area contributed by atoms with E-state index in [4.69, 9.17) is 29.4 Å². The number of carboxylic acids is 1. The Labute approximate surface area is 328 Å². The number of hydrogen-bond donors (Lipinski definition) is 3. The molecule has 10 nitrogen and oxygen atoms in total. The highest BCUT2D eigenvalue weighted by Gasteiger charge is 2.27. The van der Waals surface area contributed by atoms with E-state index in [-0.39, 0.29) is 13.0 Å². The number of phosphoric acid groups is 1. The van der Waals surface area contributed by atoms with E-state index in [1.54, 1.807) is 0 Å². The van der Waals surface area contributed by atoms with Crippen LogP contribution in [0, 0.1) is 0 Å². The maximum Gasteiger partial charge on any atom is 0.472 e. The summed E-state index contributed by atoms with van der Waals surface area (Å²) in [4.78, 5) is 33.4. The number of carbonyl (C=O) groups is 2. The summed E-state index contributed by atoms with van der Waals surface area (Å²) in [5.41, 5.74) is 5.34. The number of nitrogens with two attached hydrogens (primary N) is 1. The van der Waals surface area contributed by atoms with E-state index in [0.29, 0.717) is 13.0 Å². The van der Waals surface area contributed by atoms with Gasteiger partial charge in [-0.05, 0) is 57.8 Å². The quantitative estimate of drug-likeness (QED) is 0.0237. The van der Waals surface area contributed by atoms with E-state index < -0.39 is 45.1 Å². The minimum atomic E-state index is -4.62. The highest BCUT2D eigenvalue weighted by molar-refractivity contribution is 7.47. The fourth-order valence-electron chi connectivity index (χ4n) is 5.33. The molecule has 0 fully saturated rings. The molecule has 0 radical (unpaired) electrons. The van der Waals surface area contributed by atoms with Crippen LogP contribution in [0.4, 0.5) is 0 Å². The Morgan fingerprint density at radius 3 is 1.61 bits per heavy atom. The molecule has 3 atom stereocenters. The van der Waals surface area contributed by atoms with Gasteiger partial charge in [0, 0.05) is 13.0 Å². The van der Waals surface area contributed by atoms with Gasteiger partial charge in [-0.1, -0.05) is 158 Å². The second kappa shape index (κ2) is 38.9. The summed E-state index contributed by atoms with van der Waals surface area (Å²) >= 11 is 0. The van der Waals surface area contributed by atoms with Crippen molar-refractivity contribution in [1.29, 1.82) is 0 Å². The first-order valence-corrected chi connectivity index (χ1v) is 22.3. The van der Waals surface area contributed by atoms with Crippen LogP contribution >= 0.6 is 7.82 Å². The lowest BCUT2D eigenvalue weighted by Crippen LogP contribution is -2.34. The molecular weight excluding hydrogens is 705 g/mol. The van der Waals surface area contributed by atoms with Crippen molar-refractivity contribution in [3.63, 3.8) is 0 Å². The van der Waals surface area contributed by atoms with Crippen LogP contribution in [0.2, 0.25) is 0 Å². The Kier molecular flexibility index (Phi) is 37.2. The van der Waals surface area contributed by atoms with Crippen molar-refractivity contribution >= 4 is 19.8 Å². The standard InChI is InChI=1S/C43H76NO9P/c1-3-5-7-9-11-13-15-16-17-18-19-20-21-22-23-24-25-26-28-30-32-34-36-50-37-40(38-51-54(48,49)52-39-41(44)43(46)47)53-42(45)35-33-31-29-27-14-12-10-8-6-4-2/h5,7,11,13,16-17,19-20,22-23,40-41H,3-4,6,8-10,12,14-15,18,21,24-39,44H2,1-2H3,(H,46,47)(H,48,49)/b7-5-,13-11-,17-16-,20-19-,23-22-. The number of rotatable bonds is 39. The zero-order valence-corrected chi connectivity index (χ0v) is 34.7. The van der Waals surface area contributed by atoms with Crippen molar-refractivity contribution in [1.82, 2.24) is 0 Å². The molecule has 0 aromatic heterocycles. The third-order valence-corrected chi connectivity index (χ3v) is 9.51. The van der Waals surface area contributed by atoms with Crippen LogP contribution in [0.15, 0.2) is 60.8 Å². The topological polar surface area (TPSA) is 155 Å². The number of phosphoric ester groups is 1. The molecule has 0 rings (SSSR count). The Bertz CT molecular complexity index is 1090. The summed E-state index contributed by atoms with van der Waals surface area (Å²) in [7, 11) is -4.62. The monoisotopic (exact) mass is 782 g/mol. The summed E-state index contributed by atoms with van der Waals surface area (Å²) < 4.78 is 33.2. The Balaban J connectivity index is 4.22. The van der Waals surface area contributed by atoms with E-state index in [2.05, 4.69) is 74.6 Å². The first-order valence-electron chi connectivity index (χ1n) is 20.8. The minimum absolute atomic E-state index is 0.00561. The van der Waals surface area contributed by atoms with E-state index in [9.17, 15) is 19.0 Å². The van der Waals surface area contributed by atoms with Gasteiger partial charge in [-0.3, -0.25) is 18.6 Å². The highest BCUT2D eigenvalue weighted by Crippen LogP contribution is 2.43. The van der Waals surface area contributed by atoms with E-state index in [1.807, 2.05) is 0 Å². The van der Waals surface area contributed by atoms with Crippen molar-refractivity contribution in [3.05, 3.63) is 60.8 Å². The fraction of sp³-hybridized carbons (Fsp3) is 0.721. The van der Waals surface area contributed by atoms with Gasteiger partial charge in [0.15, 0.2) is 0 Å². The van der Waals surface area contributed by atoms with Gasteiger partial charge in [0.2, 0.25) is 0 Å². The van der Waals surface area contributed by atoms with Crippen molar-refractivity contribution in [2.45, 2.75) is 174 Å². The second-order valence-corrected chi connectivity index (χ2v) is 15.2. The van der Waals surface area contributed by atoms with Gasteiger partial charge in [0.1, 0.15) is 12.1 Å². The summed E-state index contributed by atoms with van der Waals surface area (Å²) in [6.07, 6.45) is 45.6. The number of unbranched alkanes of at least 4 members (excludes halogenated alkanes) is 15. The highest BCUT2D eigenvalue weighted by atomic mass is 31.2. The zero-order chi connectivity index (χ0) is 39.8. The van der Waals surface area contributed by atoms with Gasteiger partial charge in [-0.15, -0.1) is 0 Å². The van der Waals surface area contributed by atoms with E-state index in [1.165, 1.54) is 51.4 Å².